The molecular weight excluding hydrogens is 321 g/mol. The Morgan fingerprint density at radius 2 is 1.64 bits per heavy atom. The van der Waals surface area contributed by atoms with Gasteiger partial charge in [-0.1, -0.05) is 12.1 Å². The van der Waals surface area contributed by atoms with E-state index in [1.807, 2.05) is 0 Å². The van der Waals surface area contributed by atoms with Crippen LogP contribution >= 0.6 is 0 Å². The third-order valence-electron chi connectivity index (χ3n) is 3.36. The maximum absolute atomic E-state index is 12.1. The molecule has 22 heavy (non-hydrogen) atoms. The highest BCUT2D eigenvalue weighted by Crippen LogP contribution is 2.23. The van der Waals surface area contributed by atoms with E-state index in [1.165, 1.54) is 22.7 Å². The van der Waals surface area contributed by atoms with Crippen molar-refractivity contribution in [1.29, 1.82) is 0 Å². The lowest BCUT2D eigenvalue weighted by atomic mass is 10.2. The predicted molar refractivity (Wildman–Crippen MR) is 74.8 cm³/mol. The zero-order valence-electron chi connectivity index (χ0n) is 12.0. The van der Waals surface area contributed by atoms with E-state index < -0.39 is 16.4 Å². The zero-order valence-corrected chi connectivity index (χ0v) is 12.8. The van der Waals surface area contributed by atoms with Crippen LogP contribution in [0, 0.1) is 0 Å². The van der Waals surface area contributed by atoms with E-state index in [2.05, 4.69) is 9.64 Å². The van der Waals surface area contributed by atoms with Gasteiger partial charge in [0.1, 0.15) is 5.75 Å². The molecule has 0 spiro atoms. The minimum absolute atomic E-state index is 0.252. The molecule has 1 saturated heterocycles. The summed E-state index contributed by atoms with van der Waals surface area (Å²) in [5.41, 5.74) is 0.849. The average molecular weight is 338 g/mol. The molecule has 1 aliphatic rings. The number of rotatable bonds is 4. The van der Waals surface area contributed by atoms with Crippen molar-refractivity contribution in [3.8, 4) is 5.75 Å². The third kappa shape index (κ3) is 5.15. The minimum Gasteiger partial charge on any atom is -0.406 e. The monoisotopic (exact) mass is 338 g/mol. The molecule has 124 valence electrons. The predicted octanol–water partition coefficient (Wildman–Crippen LogP) is 1.66. The lowest BCUT2D eigenvalue weighted by molar-refractivity contribution is -0.274. The topological polar surface area (TPSA) is 49.9 Å². The van der Waals surface area contributed by atoms with Crippen molar-refractivity contribution in [2.24, 2.45) is 0 Å². The van der Waals surface area contributed by atoms with Gasteiger partial charge in [-0.15, -0.1) is 13.2 Å². The lowest BCUT2D eigenvalue weighted by Crippen LogP contribution is -2.47. The molecule has 0 aliphatic carbocycles. The zero-order chi connectivity index (χ0) is 16.4. The first kappa shape index (κ1) is 17.0. The molecule has 0 radical (unpaired) electrons. The summed E-state index contributed by atoms with van der Waals surface area (Å²) in [6.07, 6.45) is -3.51. The Hall–Kier alpha value is -1.32. The van der Waals surface area contributed by atoms with Gasteiger partial charge in [0.2, 0.25) is 10.0 Å². The van der Waals surface area contributed by atoms with Gasteiger partial charge in [0.05, 0.1) is 6.26 Å². The third-order valence-corrected chi connectivity index (χ3v) is 4.67. The van der Waals surface area contributed by atoms with Gasteiger partial charge in [0.25, 0.3) is 0 Å². The van der Waals surface area contributed by atoms with E-state index in [-0.39, 0.29) is 5.75 Å². The van der Waals surface area contributed by atoms with Crippen LogP contribution in [0.25, 0.3) is 0 Å². The molecule has 0 amide bonds. The van der Waals surface area contributed by atoms with E-state index in [4.69, 9.17) is 0 Å². The molecule has 1 fully saturated rings. The smallest absolute Gasteiger partial charge is 0.406 e. The molecule has 0 atom stereocenters. The van der Waals surface area contributed by atoms with Gasteiger partial charge in [-0.05, 0) is 17.7 Å². The molecule has 0 aromatic heterocycles. The largest absolute Gasteiger partial charge is 0.573 e. The second-order valence-corrected chi connectivity index (χ2v) is 7.11. The Labute approximate surface area is 127 Å². The first-order valence-electron chi connectivity index (χ1n) is 6.66. The Balaban J connectivity index is 1.87. The van der Waals surface area contributed by atoms with Gasteiger partial charge in [0.15, 0.2) is 0 Å². The minimum atomic E-state index is -4.69. The highest BCUT2D eigenvalue weighted by molar-refractivity contribution is 7.88. The fourth-order valence-corrected chi connectivity index (χ4v) is 3.10. The van der Waals surface area contributed by atoms with Crippen LogP contribution in [-0.4, -0.2) is 56.4 Å². The summed E-state index contributed by atoms with van der Waals surface area (Å²) in [6, 6.07) is 5.69. The van der Waals surface area contributed by atoms with Crippen molar-refractivity contribution >= 4 is 10.0 Å². The first-order chi connectivity index (χ1) is 10.1. The fraction of sp³-hybridized carbons (Fsp3) is 0.538. The van der Waals surface area contributed by atoms with Crippen molar-refractivity contribution in [3.05, 3.63) is 29.8 Å². The summed E-state index contributed by atoms with van der Waals surface area (Å²) in [6.45, 7) is 2.59. The molecule has 0 saturated carbocycles. The molecule has 0 N–H and O–H groups in total. The van der Waals surface area contributed by atoms with Crippen LogP contribution in [0.15, 0.2) is 24.3 Å². The van der Waals surface area contributed by atoms with E-state index in [9.17, 15) is 21.6 Å². The molecule has 1 heterocycles. The van der Waals surface area contributed by atoms with Crippen LogP contribution in [-0.2, 0) is 16.6 Å². The summed E-state index contributed by atoms with van der Waals surface area (Å²) in [4.78, 5) is 2.06. The maximum atomic E-state index is 12.1. The van der Waals surface area contributed by atoms with Gasteiger partial charge in [-0.3, -0.25) is 4.90 Å². The summed E-state index contributed by atoms with van der Waals surface area (Å²) in [7, 11) is -3.16. The van der Waals surface area contributed by atoms with Crippen molar-refractivity contribution < 1.29 is 26.3 Å². The van der Waals surface area contributed by atoms with Gasteiger partial charge >= 0.3 is 6.36 Å². The van der Waals surface area contributed by atoms with Crippen LogP contribution in [0.1, 0.15) is 5.56 Å². The summed E-state index contributed by atoms with van der Waals surface area (Å²) in [5.74, 6) is -0.252. The molecule has 0 bridgehead atoms. The Kier molecular flexibility index (Phi) is 4.98. The lowest BCUT2D eigenvalue weighted by Gasteiger charge is -2.33. The number of piperazine rings is 1. The van der Waals surface area contributed by atoms with Crippen molar-refractivity contribution in [2.75, 3.05) is 32.4 Å². The fourth-order valence-electron chi connectivity index (χ4n) is 2.27. The Morgan fingerprint density at radius 3 is 2.09 bits per heavy atom. The van der Waals surface area contributed by atoms with E-state index in [0.717, 1.165) is 5.56 Å². The SMILES string of the molecule is CS(=O)(=O)N1CCN(Cc2ccc(OC(F)(F)F)cc2)CC1. The standard InChI is InChI=1S/C13H17F3N2O3S/c1-22(19,20)18-8-6-17(7-9-18)10-11-2-4-12(5-3-11)21-13(14,15)16/h2-5H,6-10H2,1H3. The number of sulfonamides is 1. The average Bonchev–Trinajstić information content (AvgIpc) is 2.39. The van der Waals surface area contributed by atoms with Crippen LogP contribution in [0.5, 0.6) is 5.75 Å². The van der Waals surface area contributed by atoms with Gasteiger partial charge < -0.3 is 4.74 Å². The highest BCUT2D eigenvalue weighted by atomic mass is 32.2. The Morgan fingerprint density at radius 1 is 1.09 bits per heavy atom. The van der Waals surface area contributed by atoms with Gasteiger partial charge in [0, 0.05) is 32.7 Å². The van der Waals surface area contributed by atoms with E-state index in [0.29, 0.717) is 32.7 Å². The quantitative estimate of drug-likeness (QED) is 0.838. The molecule has 5 nitrogen and oxygen atoms in total. The van der Waals surface area contributed by atoms with Crippen molar-refractivity contribution in [3.63, 3.8) is 0 Å². The second kappa shape index (κ2) is 6.43. The number of halogens is 3. The maximum Gasteiger partial charge on any atom is 0.573 e. The molecule has 1 aliphatic heterocycles. The Bertz CT molecular complexity index is 594. The van der Waals surface area contributed by atoms with Crippen LogP contribution in [0.2, 0.25) is 0 Å². The number of ether oxygens (including phenoxy) is 1. The van der Waals surface area contributed by atoms with Crippen LogP contribution in [0.4, 0.5) is 13.2 Å². The second-order valence-electron chi connectivity index (χ2n) is 5.13. The van der Waals surface area contributed by atoms with E-state index >= 15 is 0 Å². The number of hydrogen-bond acceptors (Lipinski definition) is 4. The number of hydrogen-bond donors (Lipinski definition) is 0. The molecule has 0 unspecified atom stereocenters. The molecular formula is C13H17F3N2O3S. The summed E-state index contributed by atoms with van der Waals surface area (Å²) < 4.78 is 64.2. The first-order valence-corrected chi connectivity index (χ1v) is 8.50. The number of alkyl halides is 3. The molecule has 1 aromatic rings. The van der Waals surface area contributed by atoms with Crippen molar-refractivity contribution in [2.45, 2.75) is 12.9 Å². The highest BCUT2D eigenvalue weighted by Gasteiger charge is 2.31. The van der Waals surface area contributed by atoms with Crippen molar-refractivity contribution in [1.82, 2.24) is 9.21 Å². The van der Waals surface area contributed by atoms with Crippen LogP contribution in [0.3, 0.4) is 0 Å². The summed E-state index contributed by atoms with van der Waals surface area (Å²) >= 11 is 0. The van der Waals surface area contributed by atoms with Crippen LogP contribution < -0.4 is 4.74 Å². The molecule has 1 aromatic carbocycles. The normalized spacial score (nSPS) is 18.4. The number of benzene rings is 1. The summed E-state index contributed by atoms with van der Waals surface area (Å²) in [5, 5.41) is 0. The molecule has 9 heteroatoms. The van der Waals surface area contributed by atoms with Gasteiger partial charge in [-0.25, -0.2) is 8.42 Å². The number of nitrogens with zero attached hydrogens (tertiary/aromatic N) is 2. The van der Waals surface area contributed by atoms with E-state index in [1.54, 1.807) is 12.1 Å². The molecule has 2 rings (SSSR count). The van der Waals surface area contributed by atoms with Gasteiger partial charge in [-0.2, -0.15) is 4.31 Å².